The molecule has 31 nitrogen and oxygen atoms in total. The number of aryl methyl sites for hydroxylation is 2. The molecular weight excluding hydrogens is 871 g/mol. The van der Waals surface area contributed by atoms with Crippen LogP contribution >= 0.6 is 0 Å². The highest BCUT2D eigenvalue weighted by atomic mass is 16.2. The zero-order chi connectivity index (χ0) is 47.1. The molecule has 0 radical (unpaired) electrons. The Morgan fingerprint density at radius 1 is 0.576 bits per heavy atom. The first-order chi connectivity index (χ1) is 31.7. The summed E-state index contributed by atoms with van der Waals surface area (Å²) in [6, 6.07) is 3.30. The summed E-state index contributed by atoms with van der Waals surface area (Å²) in [6.07, 6.45) is 12.1. The fraction of sp³-hybridized carbons (Fsp3) is 0.0857. The number of carbonyl (C=O) groups is 1. The number of H-pyrrole nitrogens is 10. The molecule has 0 aromatic carbocycles. The van der Waals surface area contributed by atoms with Crippen LogP contribution in [0.25, 0.3) is 55.6 Å². The number of hydrogen-bond acceptors (Lipinski definition) is 18. The minimum Gasteiger partial charge on any atom is -0.382 e. The second-order valence-corrected chi connectivity index (χ2v) is 13.2. The summed E-state index contributed by atoms with van der Waals surface area (Å²) in [7, 11) is 3.66. The second kappa shape index (κ2) is 18.7. The number of aromatic nitrogens is 20. The molecule has 0 atom stereocenters. The van der Waals surface area contributed by atoms with Gasteiger partial charge in [-0.15, -0.1) is 0 Å². The van der Waals surface area contributed by atoms with E-state index in [0.717, 1.165) is 5.65 Å². The molecule has 0 bridgehead atoms. The van der Waals surface area contributed by atoms with Gasteiger partial charge in [-0.1, -0.05) is 0 Å². The maximum absolute atomic E-state index is 11.0. The largest absolute Gasteiger partial charge is 0.382 e. The first-order valence-electron chi connectivity index (χ1n) is 18.5. The van der Waals surface area contributed by atoms with E-state index in [-0.39, 0.29) is 46.3 Å². The number of nitrogens with zero attached hydrogens (tertiary/aromatic N) is 10. The summed E-state index contributed by atoms with van der Waals surface area (Å²) in [5, 5.41) is 3.43. The lowest BCUT2D eigenvalue weighted by Crippen LogP contribution is -2.24. The van der Waals surface area contributed by atoms with E-state index in [1.165, 1.54) is 25.3 Å². The van der Waals surface area contributed by atoms with Gasteiger partial charge >= 0.3 is 11.4 Å². The number of imidazole rings is 3. The van der Waals surface area contributed by atoms with Crippen LogP contribution < -0.4 is 56.0 Å². The minimum atomic E-state index is -0.610. The van der Waals surface area contributed by atoms with Gasteiger partial charge < -0.3 is 50.8 Å². The highest BCUT2D eigenvalue weighted by Gasteiger charge is 2.21. The molecule has 0 saturated heterocycles. The van der Waals surface area contributed by atoms with E-state index in [1.54, 1.807) is 53.4 Å². The van der Waals surface area contributed by atoms with Crippen LogP contribution in [0.1, 0.15) is 5.56 Å². The number of nitrogens with one attached hydrogen (secondary N) is 11. The predicted molar refractivity (Wildman–Crippen MR) is 235 cm³/mol. The number of nitrogens with two attached hydrogens (primary N) is 2. The van der Waals surface area contributed by atoms with Gasteiger partial charge in [0.15, 0.2) is 33.8 Å². The Morgan fingerprint density at radius 3 is 1.97 bits per heavy atom. The predicted octanol–water partition coefficient (Wildman–Crippen LogP) is -2.82. The van der Waals surface area contributed by atoms with E-state index < -0.39 is 16.9 Å². The van der Waals surface area contributed by atoms with Crippen LogP contribution in [0.3, 0.4) is 0 Å². The fourth-order valence-corrected chi connectivity index (χ4v) is 5.77. The fourth-order valence-electron chi connectivity index (χ4n) is 5.77. The van der Waals surface area contributed by atoms with Crippen LogP contribution in [0.15, 0.2) is 96.1 Å². The maximum atomic E-state index is 11.0. The van der Waals surface area contributed by atoms with Gasteiger partial charge in [-0.05, 0) is 12.1 Å². The number of anilines is 3. The van der Waals surface area contributed by atoms with Crippen LogP contribution in [0, 0.1) is 0 Å². The Bertz CT molecular complexity index is 3940. The van der Waals surface area contributed by atoms with Crippen LogP contribution in [0.2, 0.25) is 0 Å². The summed E-state index contributed by atoms with van der Waals surface area (Å²) >= 11 is 0. The molecule has 0 saturated carbocycles. The molecular formula is C35H33N23O8. The van der Waals surface area contributed by atoms with Crippen LogP contribution in [-0.4, -0.2) is 105 Å². The molecule has 1 aliphatic heterocycles. The third-order valence-corrected chi connectivity index (χ3v) is 8.80. The zero-order valence-corrected chi connectivity index (χ0v) is 33.9. The number of hydrogen-bond donors (Lipinski definition) is 13. The van der Waals surface area contributed by atoms with E-state index in [4.69, 9.17) is 11.5 Å². The maximum Gasteiger partial charge on any atom is 0.327 e. The van der Waals surface area contributed by atoms with Crippen LogP contribution in [0.5, 0.6) is 0 Å². The van der Waals surface area contributed by atoms with Crippen molar-refractivity contribution in [3.05, 3.63) is 141 Å². The van der Waals surface area contributed by atoms with Crippen LogP contribution in [-0.2, 0) is 25.3 Å². The highest BCUT2D eigenvalue weighted by Crippen LogP contribution is 2.13. The molecule has 11 aromatic heterocycles. The van der Waals surface area contributed by atoms with E-state index in [9.17, 15) is 38.4 Å². The van der Waals surface area contributed by atoms with E-state index in [2.05, 4.69) is 90.0 Å². The molecule has 0 unspecified atom stereocenters. The smallest absolute Gasteiger partial charge is 0.327 e. The lowest BCUT2D eigenvalue weighted by Gasteiger charge is -1.93. The Balaban J connectivity index is 0.000000118. The number of amides is 1. The van der Waals surface area contributed by atoms with E-state index in [0.29, 0.717) is 61.3 Å². The number of nitrogen functional groups attached to an aromatic ring is 2. The van der Waals surface area contributed by atoms with Crippen molar-refractivity contribution in [1.29, 1.82) is 0 Å². The quantitative estimate of drug-likeness (QED) is 0.0730. The van der Waals surface area contributed by atoms with E-state index in [1.807, 2.05) is 12.0 Å². The first-order valence-corrected chi connectivity index (χ1v) is 18.5. The summed E-state index contributed by atoms with van der Waals surface area (Å²) in [5.74, 6) is 0.441. The molecule has 12 rings (SSSR count). The molecule has 15 N–H and O–H groups in total. The Morgan fingerprint density at radius 2 is 1.23 bits per heavy atom. The van der Waals surface area contributed by atoms with Crippen molar-refractivity contribution < 1.29 is 4.79 Å². The van der Waals surface area contributed by atoms with Gasteiger partial charge in [0, 0.05) is 26.5 Å². The Kier molecular flexibility index (Phi) is 12.4. The van der Waals surface area contributed by atoms with Crippen molar-refractivity contribution in [2.45, 2.75) is 6.42 Å². The van der Waals surface area contributed by atoms with Gasteiger partial charge in [0.1, 0.15) is 29.0 Å². The number of fused-ring (bicyclic) bond motifs is 6. The van der Waals surface area contributed by atoms with Crippen molar-refractivity contribution in [3.63, 3.8) is 0 Å². The monoisotopic (exact) mass is 903 g/mol. The SMILES string of the molecule is Cn1cnc2c(=O)[nH]cnc21.Cn1cnc2c(N)ncnc21.Nc1nc2nc[nH]c2c(=O)[nH]1.O=C1Cc2c([nH]c(=O)[nH]c2=O)N1.O=c1[nH]c(=O)c2cc[nH]c2[nH]1.O=c1[nH]cnc2[nH]ccc12. The van der Waals surface area contributed by atoms with E-state index >= 15 is 0 Å². The number of rotatable bonds is 0. The number of carbonyl (C=O) groups excluding carboxylic acids is 1. The van der Waals surface area contributed by atoms with Gasteiger partial charge in [-0.25, -0.2) is 44.5 Å². The van der Waals surface area contributed by atoms with Crippen molar-refractivity contribution in [1.82, 2.24) is 98.8 Å². The van der Waals surface area contributed by atoms with Crippen molar-refractivity contribution in [3.8, 4) is 0 Å². The lowest BCUT2D eigenvalue weighted by molar-refractivity contribution is -0.115. The number of aromatic amines is 10. The van der Waals surface area contributed by atoms with Gasteiger partial charge in [-0.3, -0.25) is 53.7 Å². The standard InChI is InChI=1S/C6H7N5.C6H6N4O.C6H5N3O3.C6H5N3O2.C6H5N3O.C5H5N5O/c1-11-3-10-4-5(7)8-2-9-6(4)11;1-10-3-9-4-5(10)7-2-8-6(4)11;10-3-1-2-4(7-3)8-6(12)9-5(2)11;10-5-3-1-2-7-4(3)8-6(11)9-5;10-6-4-1-2-7-5(4)8-3-9-6;6-5-9-3-2(4(11)10-5)7-1-8-3/h2-3H,1H3,(H2,7,8,9);2-3H,1H3,(H,7,8,11);1H2,(H3,7,8,9,10,11,12);1-2H,(H3,7,8,9,10,11);1-3H,(H2,7,8,9,10);1H,(H4,6,7,8,9,10,11). The van der Waals surface area contributed by atoms with Crippen molar-refractivity contribution in [2.24, 2.45) is 14.1 Å². The molecule has 12 heterocycles. The lowest BCUT2D eigenvalue weighted by atomic mass is 10.3. The first kappa shape index (κ1) is 43.7. The van der Waals surface area contributed by atoms with Gasteiger partial charge in [0.25, 0.3) is 27.8 Å². The summed E-state index contributed by atoms with van der Waals surface area (Å²) in [5.41, 5.74) is 12.7. The molecule has 11 aromatic rings. The molecule has 1 aliphatic rings. The normalized spacial score (nSPS) is 11.2. The average molecular weight is 904 g/mol. The molecule has 0 aliphatic carbocycles. The van der Waals surface area contributed by atoms with Crippen LogP contribution in [0.4, 0.5) is 17.6 Å². The third-order valence-electron chi connectivity index (χ3n) is 8.80. The average Bonchev–Trinajstić information content (AvgIpc) is 4.14. The molecule has 336 valence electrons. The third kappa shape index (κ3) is 9.72. The molecule has 31 heteroatoms. The van der Waals surface area contributed by atoms with Gasteiger partial charge in [-0.2, -0.15) is 4.98 Å². The summed E-state index contributed by atoms with van der Waals surface area (Å²) < 4.78 is 3.50. The molecule has 0 fully saturated rings. The molecule has 66 heavy (non-hydrogen) atoms. The van der Waals surface area contributed by atoms with Crippen molar-refractivity contribution >= 4 is 79.0 Å². The minimum absolute atomic E-state index is 0.0292. The molecule has 1 amide bonds. The zero-order valence-electron chi connectivity index (χ0n) is 33.9. The summed E-state index contributed by atoms with van der Waals surface area (Å²) in [6.45, 7) is 0. The Labute approximate surface area is 360 Å². The molecule has 0 spiro atoms. The van der Waals surface area contributed by atoms with Crippen molar-refractivity contribution in [2.75, 3.05) is 16.8 Å². The topological polar surface area (TPSA) is 472 Å². The second-order valence-electron chi connectivity index (χ2n) is 13.2. The highest BCUT2D eigenvalue weighted by molar-refractivity contribution is 5.97. The van der Waals surface area contributed by atoms with Gasteiger partial charge in [0.05, 0.1) is 54.4 Å². The summed E-state index contributed by atoms with van der Waals surface area (Å²) in [4.78, 5) is 143. The van der Waals surface area contributed by atoms with Gasteiger partial charge in [0.2, 0.25) is 11.9 Å². The Hall–Kier alpha value is -10.4.